The normalized spacial score (nSPS) is 10.5. The zero-order valence-corrected chi connectivity index (χ0v) is 10.5. The first-order valence-corrected chi connectivity index (χ1v) is 6.12. The fourth-order valence-corrected chi connectivity index (χ4v) is 1.67. The largest absolute Gasteiger partial charge is 0.478 e. The van der Waals surface area contributed by atoms with Crippen LogP contribution in [0.25, 0.3) is 0 Å². The quantitative estimate of drug-likeness (QED) is 0.730. The summed E-state index contributed by atoms with van der Waals surface area (Å²) in [6.45, 7) is 2.38. The predicted molar refractivity (Wildman–Crippen MR) is 69.7 cm³/mol. The number of nitrogens with one attached hydrogen (secondary N) is 1. The van der Waals surface area contributed by atoms with E-state index in [4.69, 9.17) is 5.11 Å². The molecule has 0 bridgehead atoms. The minimum absolute atomic E-state index is 0.211. The van der Waals surface area contributed by atoms with Crippen LogP contribution in [0.15, 0.2) is 36.8 Å². The van der Waals surface area contributed by atoms with E-state index in [1.807, 2.05) is 16.9 Å². The average molecular weight is 260 g/mol. The van der Waals surface area contributed by atoms with E-state index in [9.17, 15) is 4.79 Å². The van der Waals surface area contributed by atoms with E-state index in [0.717, 1.165) is 25.2 Å². The highest BCUT2D eigenvalue weighted by molar-refractivity contribution is 5.87. The van der Waals surface area contributed by atoms with E-state index < -0.39 is 5.97 Å². The number of carboxylic acid groups (broad SMARTS) is 1. The number of hydrogen-bond donors (Lipinski definition) is 2. The van der Waals surface area contributed by atoms with Crippen molar-refractivity contribution in [2.24, 2.45) is 0 Å². The third kappa shape index (κ3) is 4.18. The van der Waals surface area contributed by atoms with Gasteiger partial charge in [0.2, 0.25) is 0 Å². The van der Waals surface area contributed by atoms with Gasteiger partial charge in [-0.3, -0.25) is 9.67 Å². The lowest BCUT2D eigenvalue weighted by atomic mass is 10.2. The Bertz CT molecular complexity index is 508. The van der Waals surface area contributed by atoms with Gasteiger partial charge < -0.3 is 10.4 Å². The second kappa shape index (κ2) is 6.65. The summed E-state index contributed by atoms with van der Waals surface area (Å²) < 4.78 is 1.89. The molecule has 0 saturated carbocycles. The molecule has 0 spiro atoms. The molecule has 0 saturated heterocycles. The van der Waals surface area contributed by atoms with Crippen LogP contribution < -0.4 is 5.32 Å². The number of carboxylic acids is 1. The Hall–Kier alpha value is -2.21. The fraction of sp³-hybridized carbons (Fsp3) is 0.308. The van der Waals surface area contributed by atoms with Crippen molar-refractivity contribution in [1.82, 2.24) is 20.1 Å². The van der Waals surface area contributed by atoms with Crippen LogP contribution in [-0.2, 0) is 13.1 Å². The number of carbonyl (C=O) groups is 1. The molecule has 6 heteroatoms. The van der Waals surface area contributed by atoms with Crippen molar-refractivity contribution in [3.63, 3.8) is 0 Å². The maximum atomic E-state index is 10.7. The number of rotatable bonds is 7. The molecule has 0 radical (unpaired) electrons. The first-order chi connectivity index (χ1) is 9.25. The molecule has 0 aromatic carbocycles. The van der Waals surface area contributed by atoms with E-state index in [0.29, 0.717) is 6.54 Å². The number of aromatic nitrogens is 3. The standard InChI is InChI=1S/C13H16N4O2/c18-13(19)11-3-4-12(15-9-11)10-14-5-1-7-17-8-2-6-16-17/h2-4,6,8-9,14H,1,5,7,10H2,(H,18,19). The van der Waals surface area contributed by atoms with Crippen molar-refractivity contribution in [3.8, 4) is 0 Å². The predicted octanol–water partition coefficient (Wildman–Crippen LogP) is 1.16. The first kappa shape index (κ1) is 13.2. The molecule has 0 atom stereocenters. The van der Waals surface area contributed by atoms with Crippen molar-refractivity contribution >= 4 is 5.97 Å². The Labute approximate surface area is 111 Å². The zero-order valence-electron chi connectivity index (χ0n) is 10.5. The van der Waals surface area contributed by atoms with Crippen molar-refractivity contribution in [2.45, 2.75) is 19.5 Å². The lowest BCUT2D eigenvalue weighted by Crippen LogP contribution is -2.17. The lowest BCUT2D eigenvalue weighted by molar-refractivity contribution is 0.0696. The minimum Gasteiger partial charge on any atom is -0.478 e. The summed E-state index contributed by atoms with van der Waals surface area (Å²) in [7, 11) is 0. The van der Waals surface area contributed by atoms with Gasteiger partial charge in [0, 0.05) is 31.7 Å². The van der Waals surface area contributed by atoms with Gasteiger partial charge in [0.1, 0.15) is 0 Å². The molecule has 2 heterocycles. The van der Waals surface area contributed by atoms with Crippen LogP contribution in [0.2, 0.25) is 0 Å². The summed E-state index contributed by atoms with van der Waals surface area (Å²) in [4.78, 5) is 14.7. The van der Waals surface area contributed by atoms with Crippen molar-refractivity contribution in [2.75, 3.05) is 6.54 Å². The van der Waals surface area contributed by atoms with Gasteiger partial charge in [0.25, 0.3) is 0 Å². The number of aromatic carboxylic acids is 1. The number of hydrogen-bond acceptors (Lipinski definition) is 4. The molecule has 0 fully saturated rings. The monoisotopic (exact) mass is 260 g/mol. The van der Waals surface area contributed by atoms with Crippen LogP contribution in [0.5, 0.6) is 0 Å². The molecule has 19 heavy (non-hydrogen) atoms. The molecule has 0 aliphatic heterocycles. The molecule has 0 amide bonds. The van der Waals surface area contributed by atoms with Crippen LogP contribution in [0.1, 0.15) is 22.5 Å². The van der Waals surface area contributed by atoms with Crippen LogP contribution >= 0.6 is 0 Å². The highest BCUT2D eigenvalue weighted by atomic mass is 16.4. The maximum Gasteiger partial charge on any atom is 0.337 e. The van der Waals surface area contributed by atoms with Gasteiger partial charge in [-0.05, 0) is 31.2 Å². The number of aryl methyl sites for hydroxylation is 1. The Balaban J connectivity index is 1.66. The molecule has 2 aromatic heterocycles. The Morgan fingerprint density at radius 2 is 2.32 bits per heavy atom. The van der Waals surface area contributed by atoms with Crippen LogP contribution in [0.4, 0.5) is 0 Å². The topological polar surface area (TPSA) is 80.0 Å². The van der Waals surface area contributed by atoms with Crippen LogP contribution in [0.3, 0.4) is 0 Å². The summed E-state index contributed by atoms with van der Waals surface area (Å²) in [5.74, 6) is -0.953. The Morgan fingerprint density at radius 3 is 2.95 bits per heavy atom. The zero-order chi connectivity index (χ0) is 13.5. The smallest absolute Gasteiger partial charge is 0.337 e. The Kier molecular flexibility index (Phi) is 4.63. The average Bonchev–Trinajstić information content (AvgIpc) is 2.92. The van der Waals surface area contributed by atoms with Crippen molar-refractivity contribution in [1.29, 1.82) is 0 Å². The second-order valence-electron chi connectivity index (χ2n) is 4.14. The van der Waals surface area contributed by atoms with Crippen LogP contribution in [0, 0.1) is 0 Å². The molecule has 6 nitrogen and oxygen atoms in total. The number of nitrogens with zero attached hydrogens (tertiary/aromatic N) is 3. The van der Waals surface area contributed by atoms with Gasteiger partial charge in [-0.15, -0.1) is 0 Å². The van der Waals surface area contributed by atoms with Gasteiger partial charge in [-0.2, -0.15) is 5.10 Å². The third-order valence-electron chi connectivity index (χ3n) is 2.68. The van der Waals surface area contributed by atoms with Crippen molar-refractivity contribution in [3.05, 3.63) is 48.0 Å². The molecule has 2 N–H and O–H groups in total. The van der Waals surface area contributed by atoms with Gasteiger partial charge in [-0.25, -0.2) is 4.79 Å². The molecule has 2 aromatic rings. The minimum atomic E-state index is -0.953. The van der Waals surface area contributed by atoms with E-state index in [2.05, 4.69) is 15.4 Å². The van der Waals surface area contributed by atoms with Crippen LogP contribution in [-0.4, -0.2) is 32.4 Å². The number of pyridine rings is 1. The third-order valence-corrected chi connectivity index (χ3v) is 2.68. The molecule has 0 aliphatic rings. The SMILES string of the molecule is O=C(O)c1ccc(CNCCCn2cccn2)nc1. The van der Waals surface area contributed by atoms with Gasteiger partial charge in [0.15, 0.2) is 0 Å². The van der Waals surface area contributed by atoms with Gasteiger partial charge in [-0.1, -0.05) is 0 Å². The molecular formula is C13H16N4O2. The van der Waals surface area contributed by atoms with E-state index in [1.165, 1.54) is 6.20 Å². The molecule has 2 rings (SSSR count). The molecule has 100 valence electrons. The highest BCUT2D eigenvalue weighted by Gasteiger charge is 2.02. The van der Waals surface area contributed by atoms with Crippen molar-refractivity contribution < 1.29 is 9.90 Å². The van der Waals surface area contributed by atoms with E-state index in [1.54, 1.807) is 18.3 Å². The summed E-state index contributed by atoms with van der Waals surface area (Å²) in [5, 5.41) is 16.1. The lowest BCUT2D eigenvalue weighted by Gasteiger charge is -2.05. The van der Waals surface area contributed by atoms with E-state index in [-0.39, 0.29) is 5.56 Å². The molecule has 0 aliphatic carbocycles. The molecular weight excluding hydrogens is 244 g/mol. The second-order valence-corrected chi connectivity index (χ2v) is 4.14. The maximum absolute atomic E-state index is 10.7. The summed E-state index contributed by atoms with van der Waals surface area (Å²) >= 11 is 0. The van der Waals surface area contributed by atoms with Gasteiger partial charge in [0.05, 0.1) is 11.3 Å². The highest BCUT2D eigenvalue weighted by Crippen LogP contribution is 2.00. The Morgan fingerprint density at radius 1 is 1.42 bits per heavy atom. The van der Waals surface area contributed by atoms with E-state index >= 15 is 0 Å². The summed E-state index contributed by atoms with van der Waals surface area (Å²) in [6, 6.07) is 5.20. The summed E-state index contributed by atoms with van der Waals surface area (Å²) in [6.07, 6.45) is 6.06. The summed E-state index contributed by atoms with van der Waals surface area (Å²) in [5.41, 5.74) is 1.05. The molecule has 0 unspecified atom stereocenters. The van der Waals surface area contributed by atoms with Gasteiger partial charge >= 0.3 is 5.97 Å². The first-order valence-electron chi connectivity index (χ1n) is 6.12. The fourth-order valence-electron chi connectivity index (χ4n) is 1.67.